The van der Waals surface area contributed by atoms with Crippen LogP contribution >= 0.6 is 0 Å². The molecule has 2 saturated carbocycles. The van der Waals surface area contributed by atoms with Crippen LogP contribution in [-0.2, 0) is 9.47 Å². The van der Waals surface area contributed by atoms with Crippen molar-refractivity contribution >= 4 is 0 Å². The molecule has 1 aromatic rings. The van der Waals surface area contributed by atoms with Gasteiger partial charge < -0.3 is 9.47 Å². The highest BCUT2D eigenvalue weighted by atomic mass is 19.1. The number of alkyl halides is 1. The van der Waals surface area contributed by atoms with Gasteiger partial charge in [0.15, 0.2) is 6.29 Å². The molecule has 0 atom stereocenters. The summed E-state index contributed by atoms with van der Waals surface area (Å²) in [5.74, 6) is 1.78. The molecule has 1 saturated heterocycles. The van der Waals surface area contributed by atoms with Crippen LogP contribution in [0.15, 0.2) is 18.2 Å². The largest absolute Gasteiger partial charge is 0.352 e. The number of ether oxygens (including phenoxy) is 2. The molecule has 0 amide bonds. The molecule has 1 aromatic carbocycles. The van der Waals surface area contributed by atoms with Crippen LogP contribution in [0.2, 0.25) is 0 Å². The average Bonchev–Trinajstić information content (AvgIpc) is 2.74. The Labute approximate surface area is 168 Å². The van der Waals surface area contributed by atoms with Crippen molar-refractivity contribution in [1.29, 1.82) is 0 Å². The van der Waals surface area contributed by atoms with Crippen LogP contribution in [0.3, 0.4) is 0 Å². The van der Waals surface area contributed by atoms with Crippen molar-refractivity contribution in [3.63, 3.8) is 0 Å². The van der Waals surface area contributed by atoms with Gasteiger partial charge in [0.05, 0.1) is 19.9 Å². The van der Waals surface area contributed by atoms with Gasteiger partial charge >= 0.3 is 0 Å². The summed E-state index contributed by atoms with van der Waals surface area (Å²) in [7, 11) is 0. The number of hydrogen-bond acceptors (Lipinski definition) is 2. The summed E-state index contributed by atoms with van der Waals surface area (Å²) < 4.78 is 39.4. The Morgan fingerprint density at radius 3 is 2.14 bits per heavy atom. The highest BCUT2D eigenvalue weighted by molar-refractivity contribution is 5.30. The average molecular weight is 393 g/mol. The summed E-state index contributed by atoms with van der Waals surface area (Å²) in [5, 5.41) is 0. The number of rotatable bonds is 4. The Morgan fingerprint density at radius 2 is 1.54 bits per heavy atom. The van der Waals surface area contributed by atoms with Crippen molar-refractivity contribution in [3.8, 4) is 0 Å². The zero-order valence-corrected chi connectivity index (χ0v) is 17.0. The molecule has 2 nitrogen and oxygen atoms in total. The Morgan fingerprint density at radius 1 is 0.893 bits per heavy atom. The molecule has 0 bridgehead atoms. The van der Waals surface area contributed by atoms with Crippen LogP contribution in [0.5, 0.6) is 0 Å². The second-order valence-corrected chi connectivity index (χ2v) is 9.40. The van der Waals surface area contributed by atoms with Crippen LogP contribution in [0, 0.1) is 23.6 Å². The van der Waals surface area contributed by atoms with E-state index in [1.807, 2.05) is 6.07 Å². The van der Waals surface area contributed by atoms with Crippen LogP contribution in [0.4, 0.5) is 8.78 Å². The summed E-state index contributed by atoms with van der Waals surface area (Å²) in [6.07, 6.45) is 7.86. The molecule has 2 aliphatic carbocycles. The minimum absolute atomic E-state index is 0.0456. The van der Waals surface area contributed by atoms with Crippen LogP contribution in [-0.4, -0.2) is 26.2 Å². The van der Waals surface area contributed by atoms with E-state index >= 15 is 0 Å². The first kappa shape index (κ1) is 20.3. The molecule has 0 spiro atoms. The molecule has 1 aliphatic heterocycles. The summed E-state index contributed by atoms with van der Waals surface area (Å²) in [4.78, 5) is 0. The van der Waals surface area contributed by atoms with E-state index in [0.29, 0.717) is 17.8 Å². The molecule has 0 N–H and O–H groups in total. The first-order valence-electron chi connectivity index (χ1n) is 11.2. The molecular formula is C24H34F2O2. The molecule has 0 aromatic heterocycles. The van der Waals surface area contributed by atoms with Gasteiger partial charge in [-0.25, -0.2) is 4.39 Å². The lowest BCUT2D eigenvalue weighted by molar-refractivity contribution is -0.226. The number of benzene rings is 1. The predicted molar refractivity (Wildman–Crippen MR) is 107 cm³/mol. The SMILES string of the molecule is CC1COC(C2CCC(c3ccc(C4CCC(CF)CC4)c(F)c3)CC2)OC1. The quantitative estimate of drug-likeness (QED) is 0.594. The minimum Gasteiger partial charge on any atom is -0.352 e. The Kier molecular flexibility index (Phi) is 6.67. The van der Waals surface area contributed by atoms with Crippen LogP contribution in [0.1, 0.15) is 81.3 Å². The lowest BCUT2D eigenvalue weighted by Crippen LogP contribution is -2.37. The summed E-state index contributed by atoms with van der Waals surface area (Å²) >= 11 is 0. The van der Waals surface area contributed by atoms with Gasteiger partial charge in [0.25, 0.3) is 0 Å². The summed E-state index contributed by atoms with van der Waals surface area (Å²) in [6, 6.07) is 5.92. The van der Waals surface area contributed by atoms with Crippen molar-refractivity contribution in [3.05, 3.63) is 35.1 Å². The van der Waals surface area contributed by atoms with Gasteiger partial charge in [0, 0.05) is 11.8 Å². The van der Waals surface area contributed by atoms with Gasteiger partial charge in [-0.3, -0.25) is 4.39 Å². The molecule has 0 unspecified atom stereocenters. The summed E-state index contributed by atoms with van der Waals surface area (Å²) in [6.45, 7) is 3.51. The smallest absolute Gasteiger partial charge is 0.160 e. The van der Waals surface area contributed by atoms with E-state index in [-0.39, 0.29) is 30.6 Å². The fourth-order valence-corrected chi connectivity index (χ4v) is 5.37. The number of halogens is 2. The van der Waals surface area contributed by atoms with Crippen molar-refractivity contribution in [2.45, 2.75) is 76.4 Å². The fourth-order valence-electron chi connectivity index (χ4n) is 5.37. The Bertz CT molecular complexity index is 625. The van der Waals surface area contributed by atoms with Gasteiger partial charge in [-0.15, -0.1) is 0 Å². The molecule has 3 fully saturated rings. The maximum atomic E-state index is 14.9. The van der Waals surface area contributed by atoms with E-state index in [1.54, 1.807) is 6.07 Å². The first-order valence-corrected chi connectivity index (χ1v) is 11.2. The second-order valence-electron chi connectivity index (χ2n) is 9.40. The van der Waals surface area contributed by atoms with E-state index in [9.17, 15) is 8.78 Å². The Hall–Kier alpha value is -1.00. The molecule has 28 heavy (non-hydrogen) atoms. The van der Waals surface area contributed by atoms with Gasteiger partial charge in [-0.1, -0.05) is 19.1 Å². The maximum Gasteiger partial charge on any atom is 0.160 e. The van der Waals surface area contributed by atoms with Crippen LogP contribution < -0.4 is 0 Å². The fraction of sp³-hybridized carbons (Fsp3) is 0.750. The van der Waals surface area contributed by atoms with Crippen molar-refractivity contribution in [2.24, 2.45) is 17.8 Å². The summed E-state index contributed by atoms with van der Waals surface area (Å²) in [5.41, 5.74) is 1.98. The van der Waals surface area contributed by atoms with Crippen LogP contribution in [0.25, 0.3) is 0 Å². The molecule has 0 radical (unpaired) electrons. The van der Waals surface area contributed by atoms with E-state index < -0.39 is 0 Å². The van der Waals surface area contributed by atoms with Gasteiger partial charge in [0.1, 0.15) is 5.82 Å². The topological polar surface area (TPSA) is 18.5 Å². The standard InChI is InChI=1S/C24H34F2O2/c1-16-14-27-24(28-15-16)20-8-6-18(7-9-20)21-10-11-22(23(26)12-21)19-4-2-17(13-25)3-5-19/h10-12,16-20,24H,2-9,13-15H2,1H3. The van der Waals surface area contributed by atoms with Crippen molar-refractivity contribution in [2.75, 3.05) is 19.9 Å². The molecule has 4 rings (SSSR count). The monoisotopic (exact) mass is 392 g/mol. The van der Waals surface area contributed by atoms with Gasteiger partial charge in [0.2, 0.25) is 0 Å². The first-order chi connectivity index (χ1) is 13.6. The maximum absolute atomic E-state index is 14.9. The third-order valence-electron chi connectivity index (χ3n) is 7.25. The van der Waals surface area contributed by atoms with E-state index in [2.05, 4.69) is 13.0 Å². The normalized spacial score (nSPS) is 37.0. The van der Waals surface area contributed by atoms with E-state index in [1.165, 1.54) is 0 Å². The third kappa shape index (κ3) is 4.59. The molecule has 156 valence electrons. The van der Waals surface area contributed by atoms with E-state index in [4.69, 9.17) is 9.47 Å². The minimum atomic E-state index is -0.229. The number of hydrogen-bond donors (Lipinski definition) is 0. The highest BCUT2D eigenvalue weighted by Gasteiger charge is 2.32. The van der Waals surface area contributed by atoms with Gasteiger partial charge in [-0.05, 0) is 86.3 Å². The molecular weight excluding hydrogens is 358 g/mol. The zero-order valence-electron chi connectivity index (χ0n) is 17.0. The van der Waals surface area contributed by atoms with Gasteiger partial charge in [-0.2, -0.15) is 0 Å². The molecule has 1 heterocycles. The third-order valence-corrected chi connectivity index (χ3v) is 7.25. The highest BCUT2D eigenvalue weighted by Crippen LogP contribution is 2.41. The van der Waals surface area contributed by atoms with Crippen molar-refractivity contribution < 1.29 is 18.3 Å². The van der Waals surface area contributed by atoms with Crippen molar-refractivity contribution in [1.82, 2.24) is 0 Å². The molecule has 4 heteroatoms. The Balaban J connectivity index is 1.32. The van der Waals surface area contributed by atoms with E-state index in [0.717, 1.165) is 75.7 Å². The second kappa shape index (κ2) is 9.21. The lowest BCUT2D eigenvalue weighted by Gasteiger charge is -2.37. The zero-order chi connectivity index (χ0) is 19.5. The predicted octanol–water partition coefficient (Wildman–Crippen LogP) is 6.35. The lowest BCUT2D eigenvalue weighted by atomic mass is 9.76. The molecule has 3 aliphatic rings.